The number of pyridine rings is 1. The van der Waals surface area contributed by atoms with Crippen LogP contribution in [-0.2, 0) is 29.1 Å². The number of aromatic nitrogens is 1. The molecule has 2 saturated carbocycles. The number of halogens is 1. The number of nitrogens with one attached hydrogen (secondary N) is 3. The molecular weight excluding hydrogens is 722 g/mol. The van der Waals surface area contributed by atoms with Crippen LogP contribution in [0.4, 0.5) is 9.18 Å². The highest BCUT2D eigenvalue weighted by Gasteiger charge is 2.62. The van der Waals surface area contributed by atoms with Crippen LogP contribution in [0, 0.1) is 23.6 Å². The monoisotopic (exact) mass is 777 g/mol. The lowest BCUT2D eigenvalue weighted by molar-refractivity contribution is -0.142. The van der Waals surface area contributed by atoms with Gasteiger partial charge in [-0.25, -0.2) is 22.6 Å². The number of rotatable bonds is 7. The Balaban J connectivity index is 0.00000290. The Bertz CT molecular complexity index is 1970. The predicted molar refractivity (Wildman–Crippen MR) is 203 cm³/mol. The minimum absolute atomic E-state index is 0. The summed E-state index contributed by atoms with van der Waals surface area (Å²) in [5.41, 5.74) is -2.40. The molecule has 16 heteroatoms. The number of amides is 4. The normalized spacial score (nSPS) is 29.8. The number of carbonyl (C=O) groups excluding carboxylic acids is 4. The van der Waals surface area contributed by atoms with Gasteiger partial charge in [0.2, 0.25) is 27.7 Å². The van der Waals surface area contributed by atoms with Crippen molar-refractivity contribution in [2.24, 2.45) is 17.8 Å². The molecule has 0 spiro atoms. The zero-order valence-corrected chi connectivity index (χ0v) is 32.3. The van der Waals surface area contributed by atoms with E-state index >= 15 is 0 Å². The first-order valence-electron chi connectivity index (χ1n) is 18.5. The summed E-state index contributed by atoms with van der Waals surface area (Å²) >= 11 is 0. The molecule has 300 valence electrons. The summed E-state index contributed by atoms with van der Waals surface area (Å²) in [6.45, 7) is 8.93. The summed E-state index contributed by atoms with van der Waals surface area (Å²) in [4.78, 5) is 61.7. The molecule has 2 aliphatic heterocycles. The van der Waals surface area contributed by atoms with Crippen molar-refractivity contribution in [3.8, 4) is 11.6 Å². The van der Waals surface area contributed by atoms with E-state index in [2.05, 4.69) is 27.3 Å². The van der Waals surface area contributed by atoms with Gasteiger partial charge >= 0.3 is 6.09 Å². The number of nitrogens with zero attached hydrogens (tertiary/aromatic N) is 2. The van der Waals surface area contributed by atoms with Crippen LogP contribution in [0.5, 0.6) is 11.6 Å². The van der Waals surface area contributed by atoms with Gasteiger partial charge in [-0.05, 0) is 83.3 Å². The Labute approximate surface area is 319 Å². The van der Waals surface area contributed by atoms with Gasteiger partial charge in [-0.2, -0.15) is 0 Å². The fraction of sp³-hybridized carbons (Fsp3) is 0.605. The van der Waals surface area contributed by atoms with Crippen molar-refractivity contribution < 1.29 is 50.5 Å². The molecule has 2 aliphatic carbocycles. The number of sulfonamides is 1. The number of hydrogen-bond acceptors (Lipinski definition) is 10. The first kappa shape index (κ1) is 39.2. The van der Waals surface area contributed by atoms with Crippen LogP contribution in [0.3, 0.4) is 0 Å². The van der Waals surface area contributed by atoms with Gasteiger partial charge in [0, 0.05) is 34.3 Å². The van der Waals surface area contributed by atoms with Gasteiger partial charge in [-0.1, -0.05) is 26.0 Å². The first-order chi connectivity index (χ1) is 25.4. The van der Waals surface area contributed by atoms with E-state index in [1.54, 1.807) is 26.8 Å². The fourth-order valence-corrected chi connectivity index (χ4v) is 8.91. The lowest BCUT2D eigenvalue weighted by Crippen LogP contribution is -2.59. The number of carbonyl (C=O) groups is 4. The molecule has 3 fully saturated rings. The van der Waals surface area contributed by atoms with E-state index in [1.807, 2.05) is 19.1 Å². The maximum atomic E-state index is 14.7. The largest absolute Gasteiger partial charge is 0.496 e. The van der Waals surface area contributed by atoms with Crippen LogP contribution in [0.25, 0.3) is 10.8 Å². The van der Waals surface area contributed by atoms with Crippen molar-refractivity contribution in [3.05, 3.63) is 42.4 Å². The van der Waals surface area contributed by atoms with Crippen LogP contribution in [-0.4, -0.2) is 90.3 Å². The topological polar surface area (TPSA) is 182 Å². The van der Waals surface area contributed by atoms with Gasteiger partial charge < -0.3 is 29.7 Å². The molecule has 3 N–H and O–H groups in total. The van der Waals surface area contributed by atoms with E-state index in [0.717, 1.165) is 6.42 Å². The minimum atomic E-state index is -3.93. The lowest BCUT2D eigenvalue weighted by Gasteiger charge is -2.33. The highest BCUT2D eigenvalue weighted by Crippen LogP contribution is 2.46. The summed E-state index contributed by atoms with van der Waals surface area (Å²) in [6.07, 6.45) is 6.61. The standard InChI is InChI=1S/C38H50FN5O9S.3H2/c1-21-9-7-8-10-23-19-38(23,35(47)43-54(49,50)26-11-12-26)42-32(45)29-18-25(52-33-28-16-24(39)17-30(51-6)27(28)13-14-40-33)20-44(29)34(46)31(22(2)15-21)41-36(48)53-37(3,4)5;;;/h8,10,13-14,16-17,21-23,25-26,29,31H,7,9,11-12,15,18-20H2,1-6H3,(H,41,48)(H,42,45)(H,43,47);3*1H/b10-8-;;;/t21-,22+,23+,25+,29-,31-,38+;;;/m0.../s1. The second-order valence-corrected chi connectivity index (χ2v) is 18.2. The molecule has 0 unspecified atom stereocenters. The van der Waals surface area contributed by atoms with Gasteiger partial charge in [0.05, 0.1) is 24.3 Å². The van der Waals surface area contributed by atoms with Gasteiger partial charge in [0.25, 0.3) is 5.91 Å². The third-order valence-corrected chi connectivity index (χ3v) is 12.4. The molecule has 1 aromatic heterocycles. The zero-order chi connectivity index (χ0) is 39.2. The predicted octanol–water partition coefficient (Wildman–Crippen LogP) is 4.86. The Hall–Kier alpha value is -4.47. The third kappa shape index (κ3) is 8.58. The summed E-state index contributed by atoms with van der Waals surface area (Å²) in [6, 6.07) is 1.86. The van der Waals surface area contributed by atoms with Gasteiger partial charge in [0.1, 0.15) is 40.9 Å². The molecule has 0 radical (unpaired) electrons. The van der Waals surface area contributed by atoms with Crippen molar-refractivity contribution in [3.63, 3.8) is 0 Å². The smallest absolute Gasteiger partial charge is 0.408 e. The molecule has 4 aliphatic rings. The average Bonchev–Trinajstić information content (AvgIpc) is 4.01. The van der Waals surface area contributed by atoms with Crippen LogP contribution >= 0.6 is 0 Å². The number of fused-ring (bicyclic) bond motifs is 3. The van der Waals surface area contributed by atoms with Gasteiger partial charge in [-0.3, -0.25) is 19.1 Å². The SMILES string of the molecule is COc1cc(F)cc2c(O[C@@H]3C[C@H]4C(=O)N[C@]5(C(=O)NS(=O)(=O)C6CC6)C[C@H]5/C=C\CC[C@H](C)C[C@@H](C)[C@H](NC(=O)OC(C)(C)C)C(=O)N4C3)nccc12.[HH].[HH].[HH]. The molecule has 4 amide bonds. The molecule has 7 atom stereocenters. The highest BCUT2D eigenvalue weighted by atomic mass is 32.2. The molecule has 2 aromatic rings. The number of hydrogen-bond donors (Lipinski definition) is 3. The quantitative estimate of drug-likeness (QED) is 0.329. The van der Waals surface area contributed by atoms with Crippen molar-refractivity contribution in [2.75, 3.05) is 13.7 Å². The van der Waals surface area contributed by atoms with E-state index in [0.29, 0.717) is 36.5 Å². The maximum Gasteiger partial charge on any atom is 0.408 e. The van der Waals surface area contributed by atoms with E-state index in [1.165, 1.54) is 30.3 Å². The number of ether oxygens (including phenoxy) is 3. The van der Waals surface area contributed by atoms with Gasteiger partial charge in [0.15, 0.2) is 0 Å². The van der Waals surface area contributed by atoms with E-state index in [9.17, 15) is 32.0 Å². The van der Waals surface area contributed by atoms with Crippen molar-refractivity contribution in [1.82, 2.24) is 25.2 Å². The Morgan fingerprint density at radius 2 is 1.85 bits per heavy atom. The van der Waals surface area contributed by atoms with Crippen molar-refractivity contribution in [1.29, 1.82) is 0 Å². The van der Waals surface area contributed by atoms with Gasteiger partial charge in [-0.15, -0.1) is 0 Å². The zero-order valence-electron chi connectivity index (χ0n) is 31.5. The fourth-order valence-electron chi connectivity index (χ4n) is 7.54. The number of alkyl carbamates (subject to hydrolysis) is 1. The third-order valence-electron chi connectivity index (χ3n) is 10.6. The summed E-state index contributed by atoms with van der Waals surface area (Å²) < 4.78 is 59.8. The molecule has 1 saturated heterocycles. The molecule has 3 heterocycles. The number of methoxy groups -OCH3 is 1. The maximum absolute atomic E-state index is 14.7. The molecule has 54 heavy (non-hydrogen) atoms. The van der Waals surface area contributed by atoms with Crippen LogP contribution in [0.2, 0.25) is 0 Å². The average molecular weight is 778 g/mol. The first-order valence-corrected chi connectivity index (χ1v) is 20.1. The van der Waals surface area contributed by atoms with E-state index in [-0.39, 0.29) is 47.1 Å². The Morgan fingerprint density at radius 1 is 1.11 bits per heavy atom. The van der Waals surface area contributed by atoms with E-state index in [4.69, 9.17) is 14.2 Å². The number of benzene rings is 1. The molecular formula is C38H56FN5O9S. The highest BCUT2D eigenvalue weighted by molar-refractivity contribution is 7.91. The second kappa shape index (κ2) is 15.0. The van der Waals surface area contributed by atoms with Crippen LogP contribution in [0.15, 0.2) is 36.5 Å². The van der Waals surface area contributed by atoms with Crippen LogP contribution in [0.1, 0.15) is 83.8 Å². The van der Waals surface area contributed by atoms with Crippen molar-refractivity contribution >= 4 is 44.6 Å². The second-order valence-electron chi connectivity index (χ2n) is 16.2. The summed E-state index contributed by atoms with van der Waals surface area (Å²) in [5.74, 6) is -3.05. The summed E-state index contributed by atoms with van der Waals surface area (Å²) in [7, 11) is -2.51. The van der Waals surface area contributed by atoms with E-state index < -0.39 is 80.2 Å². The Kier molecular flexibility index (Phi) is 10.9. The van der Waals surface area contributed by atoms with Crippen LogP contribution < -0.4 is 24.8 Å². The minimum Gasteiger partial charge on any atom is -0.496 e. The molecule has 1 aromatic carbocycles. The summed E-state index contributed by atoms with van der Waals surface area (Å²) in [5, 5.41) is 5.82. The number of allylic oxidation sites excluding steroid dienone is 1. The molecule has 14 nitrogen and oxygen atoms in total. The molecule has 6 rings (SSSR count). The lowest BCUT2D eigenvalue weighted by atomic mass is 9.88. The molecule has 0 bridgehead atoms. The Morgan fingerprint density at radius 3 is 2.54 bits per heavy atom. The van der Waals surface area contributed by atoms with Crippen molar-refractivity contribution in [2.45, 2.75) is 114 Å².